The molecule has 7 nitrogen and oxygen atoms in total. The summed E-state index contributed by atoms with van der Waals surface area (Å²) in [6, 6.07) is 7.73. The summed E-state index contributed by atoms with van der Waals surface area (Å²) in [5, 5.41) is 15.6. The number of amides is 1. The van der Waals surface area contributed by atoms with E-state index >= 15 is 0 Å². The van der Waals surface area contributed by atoms with Crippen LogP contribution >= 0.6 is 0 Å². The molecule has 0 aliphatic carbocycles. The van der Waals surface area contributed by atoms with E-state index in [4.69, 9.17) is 0 Å². The van der Waals surface area contributed by atoms with Gasteiger partial charge in [-0.2, -0.15) is 5.10 Å². The molecule has 1 amide bonds. The Morgan fingerprint density at radius 1 is 1.12 bits per heavy atom. The van der Waals surface area contributed by atoms with Gasteiger partial charge >= 0.3 is 0 Å². The van der Waals surface area contributed by atoms with Gasteiger partial charge in [0.25, 0.3) is 5.91 Å². The molecule has 128 valence electrons. The third-order valence-electron chi connectivity index (χ3n) is 4.48. The van der Waals surface area contributed by atoms with Crippen molar-refractivity contribution in [1.82, 2.24) is 24.5 Å². The molecule has 0 saturated carbocycles. The first-order valence-electron chi connectivity index (χ1n) is 8.53. The largest absolute Gasteiger partial charge is 0.322 e. The smallest absolute Gasteiger partial charge is 0.258 e. The predicted molar refractivity (Wildman–Crippen MR) is 94.2 cm³/mol. The maximum atomic E-state index is 12.2. The molecule has 3 heterocycles. The maximum absolute atomic E-state index is 12.2. The normalized spacial score (nSPS) is 14.0. The zero-order valence-corrected chi connectivity index (χ0v) is 14.1. The summed E-state index contributed by atoms with van der Waals surface area (Å²) in [7, 11) is 1.78. The van der Waals surface area contributed by atoms with Crippen molar-refractivity contribution in [2.45, 2.75) is 32.2 Å². The van der Waals surface area contributed by atoms with Crippen molar-refractivity contribution in [2.75, 3.05) is 5.32 Å². The Morgan fingerprint density at radius 2 is 1.96 bits per heavy atom. The average Bonchev–Trinajstić information content (AvgIpc) is 3.16. The van der Waals surface area contributed by atoms with Crippen LogP contribution in [0.4, 0.5) is 5.69 Å². The third kappa shape index (κ3) is 3.17. The highest BCUT2D eigenvalue weighted by atomic mass is 16.1. The molecule has 3 aromatic rings. The van der Waals surface area contributed by atoms with Crippen molar-refractivity contribution < 1.29 is 4.79 Å². The molecule has 0 fully saturated rings. The number of aromatic nitrogens is 5. The first-order valence-corrected chi connectivity index (χ1v) is 8.53. The van der Waals surface area contributed by atoms with Gasteiger partial charge in [-0.05, 0) is 37.1 Å². The molecule has 7 heteroatoms. The van der Waals surface area contributed by atoms with E-state index in [1.807, 2.05) is 24.3 Å². The number of hydrogen-bond donors (Lipinski definition) is 1. The summed E-state index contributed by atoms with van der Waals surface area (Å²) in [4.78, 5) is 12.2. The molecular weight excluding hydrogens is 316 g/mol. The van der Waals surface area contributed by atoms with Crippen LogP contribution in [-0.4, -0.2) is 30.5 Å². The van der Waals surface area contributed by atoms with Crippen LogP contribution in [0.3, 0.4) is 0 Å². The van der Waals surface area contributed by atoms with Crippen molar-refractivity contribution in [1.29, 1.82) is 0 Å². The molecule has 25 heavy (non-hydrogen) atoms. The zero-order valence-electron chi connectivity index (χ0n) is 14.1. The summed E-state index contributed by atoms with van der Waals surface area (Å²) >= 11 is 0. The van der Waals surface area contributed by atoms with Crippen LogP contribution in [0.1, 0.15) is 35.4 Å². The van der Waals surface area contributed by atoms with Gasteiger partial charge in [-0.3, -0.25) is 9.48 Å². The quantitative estimate of drug-likeness (QED) is 0.797. The van der Waals surface area contributed by atoms with E-state index in [9.17, 15) is 4.79 Å². The van der Waals surface area contributed by atoms with Crippen LogP contribution < -0.4 is 5.32 Å². The lowest BCUT2D eigenvalue weighted by molar-refractivity contribution is 0.102. The molecule has 0 bridgehead atoms. The second-order valence-corrected chi connectivity index (χ2v) is 6.34. The Hall–Kier alpha value is -2.96. The molecule has 4 rings (SSSR count). The van der Waals surface area contributed by atoms with Crippen LogP contribution in [0.25, 0.3) is 11.4 Å². The molecule has 1 aliphatic heterocycles. The van der Waals surface area contributed by atoms with Crippen LogP contribution in [0.2, 0.25) is 0 Å². The van der Waals surface area contributed by atoms with Gasteiger partial charge in [0, 0.05) is 37.5 Å². The Morgan fingerprint density at radius 3 is 2.72 bits per heavy atom. The van der Waals surface area contributed by atoms with Crippen molar-refractivity contribution >= 4 is 11.6 Å². The summed E-state index contributed by atoms with van der Waals surface area (Å²) in [5.74, 6) is 1.81. The van der Waals surface area contributed by atoms with Gasteiger partial charge in [0.1, 0.15) is 5.82 Å². The van der Waals surface area contributed by atoms with Crippen molar-refractivity contribution in [2.24, 2.45) is 7.05 Å². The molecule has 0 radical (unpaired) electrons. The molecule has 1 N–H and O–H groups in total. The average molecular weight is 336 g/mol. The highest BCUT2D eigenvalue weighted by Crippen LogP contribution is 2.24. The number of rotatable bonds is 3. The van der Waals surface area contributed by atoms with Gasteiger partial charge in [0.05, 0.1) is 11.8 Å². The summed E-state index contributed by atoms with van der Waals surface area (Å²) in [5.41, 5.74) is 2.29. The van der Waals surface area contributed by atoms with E-state index in [1.165, 1.54) is 12.8 Å². The lowest BCUT2D eigenvalue weighted by atomic mass is 10.2. The Labute approximate surface area is 145 Å². The minimum Gasteiger partial charge on any atom is -0.322 e. The van der Waals surface area contributed by atoms with E-state index in [0.29, 0.717) is 5.56 Å². The fourth-order valence-electron chi connectivity index (χ4n) is 3.14. The standard InChI is InChI=1S/C18H20N6O/c1-23-12-14(11-19-23)18(25)20-15-8-6-13(7-9-15)17-22-21-16-5-3-2-4-10-24(16)17/h6-9,11-12H,2-5,10H2,1H3,(H,20,25). The van der Waals surface area contributed by atoms with E-state index in [2.05, 4.69) is 25.2 Å². The molecule has 0 saturated heterocycles. The number of fused-ring (bicyclic) bond motifs is 1. The fraction of sp³-hybridized carbons (Fsp3) is 0.333. The monoisotopic (exact) mass is 336 g/mol. The Kier molecular flexibility index (Phi) is 4.05. The highest BCUT2D eigenvalue weighted by molar-refractivity contribution is 6.04. The first kappa shape index (κ1) is 15.6. The van der Waals surface area contributed by atoms with Gasteiger partial charge in [0.15, 0.2) is 5.82 Å². The predicted octanol–water partition coefficient (Wildman–Crippen LogP) is 2.66. The topological polar surface area (TPSA) is 77.6 Å². The molecule has 2 aromatic heterocycles. The lowest BCUT2D eigenvalue weighted by Gasteiger charge is -2.08. The van der Waals surface area contributed by atoms with Crippen molar-refractivity contribution in [3.05, 3.63) is 48.0 Å². The van der Waals surface area contributed by atoms with Crippen molar-refractivity contribution in [3.63, 3.8) is 0 Å². The molecule has 0 spiro atoms. The minimum absolute atomic E-state index is 0.169. The van der Waals surface area contributed by atoms with Gasteiger partial charge < -0.3 is 9.88 Å². The Bertz CT molecular complexity index is 893. The third-order valence-corrected chi connectivity index (χ3v) is 4.48. The summed E-state index contributed by atoms with van der Waals surface area (Å²) in [6.07, 6.45) is 7.81. The summed E-state index contributed by atoms with van der Waals surface area (Å²) in [6.45, 7) is 0.969. The molecule has 0 atom stereocenters. The summed E-state index contributed by atoms with van der Waals surface area (Å²) < 4.78 is 3.82. The van der Waals surface area contributed by atoms with Gasteiger partial charge in [-0.1, -0.05) is 6.42 Å². The SMILES string of the molecule is Cn1cc(C(=O)Nc2ccc(-c3nnc4n3CCCCC4)cc2)cn1. The minimum atomic E-state index is -0.169. The maximum Gasteiger partial charge on any atom is 0.258 e. The van der Waals surface area contributed by atoms with Crippen LogP contribution in [-0.2, 0) is 20.0 Å². The fourth-order valence-corrected chi connectivity index (χ4v) is 3.14. The Balaban J connectivity index is 1.52. The molecule has 1 aliphatic rings. The number of benzene rings is 1. The van der Waals surface area contributed by atoms with Gasteiger partial charge in [-0.25, -0.2) is 0 Å². The van der Waals surface area contributed by atoms with Crippen LogP contribution in [0.15, 0.2) is 36.7 Å². The molecule has 0 unspecified atom stereocenters. The number of nitrogens with one attached hydrogen (secondary N) is 1. The highest BCUT2D eigenvalue weighted by Gasteiger charge is 2.16. The van der Waals surface area contributed by atoms with Crippen LogP contribution in [0.5, 0.6) is 0 Å². The van der Waals surface area contributed by atoms with Gasteiger partial charge in [0.2, 0.25) is 0 Å². The number of anilines is 1. The second kappa shape index (κ2) is 6.51. The molecular formula is C18H20N6O. The van der Waals surface area contributed by atoms with E-state index in [0.717, 1.165) is 42.3 Å². The van der Waals surface area contributed by atoms with E-state index < -0.39 is 0 Å². The molecule has 1 aromatic carbocycles. The first-order chi connectivity index (χ1) is 12.2. The number of carbonyl (C=O) groups excluding carboxylic acids is 1. The lowest BCUT2D eigenvalue weighted by Crippen LogP contribution is -2.11. The van der Waals surface area contributed by atoms with E-state index in [-0.39, 0.29) is 5.91 Å². The van der Waals surface area contributed by atoms with Crippen LogP contribution in [0, 0.1) is 0 Å². The number of aryl methyl sites for hydroxylation is 2. The van der Waals surface area contributed by atoms with Crippen molar-refractivity contribution in [3.8, 4) is 11.4 Å². The van der Waals surface area contributed by atoms with Gasteiger partial charge in [-0.15, -0.1) is 10.2 Å². The zero-order chi connectivity index (χ0) is 17.2. The number of hydrogen-bond acceptors (Lipinski definition) is 4. The second-order valence-electron chi connectivity index (χ2n) is 6.34. The number of nitrogens with zero attached hydrogens (tertiary/aromatic N) is 5. The number of carbonyl (C=O) groups is 1. The van der Waals surface area contributed by atoms with E-state index in [1.54, 1.807) is 24.1 Å².